The number of thioether (sulfide) groups is 1. The third-order valence-electron chi connectivity index (χ3n) is 4.64. The first-order valence-electron chi connectivity index (χ1n) is 9.13. The molecule has 1 aliphatic rings. The molecule has 0 aromatic heterocycles. The molecule has 5 heteroatoms. The molecule has 0 aliphatic carbocycles. The monoisotopic (exact) mass is 378 g/mol. The van der Waals surface area contributed by atoms with E-state index in [4.69, 9.17) is 4.74 Å². The zero-order valence-electron chi connectivity index (χ0n) is 15.1. The number of fused-ring (bicyclic) bond motifs is 1. The largest absolute Gasteiger partial charge is 0.378 e. The van der Waals surface area contributed by atoms with Gasteiger partial charge in [0.2, 0.25) is 5.91 Å². The van der Waals surface area contributed by atoms with Gasteiger partial charge in [0.25, 0.3) is 0 Å². The van der Waals surface area contributed by atoms with E-state index in [1.807, 2.05) is 36.4 Å². The van der Waals surface area contributed by atoms with Gasteiger partial charge in [-0.15, -0.1) is 11.8 Å². The van der Waals surface area contributed by atoms with Gasteiger partial charge >= 0.3 is 0 Å². The van der Waals surface area contributed by atoms with Crippen LogP contribution < -0.4 is 10.2 Å². The zero-order chi connectivity index (χ0) is 18.5. The minimum absolute atomic E-state index is 0.00800. The van der Waals surface area contributed by atoms with Gasteiger partial charge in [0.15, 0.2) is 0 Å². The average molecular weight is 378 g/mol. The second kappa shape index (κ2) is 8.46. The van der Waals surface area contributed by atoms with Crippen LogP contribution in [0.2, 0.25) is 0 Å². The van der Waals surface area contributed by atoms with Crippen LogP contribution in [-0.4, -0.2) is 38.0 Å². The van der Waals surface area contributed by atoms with Crippen molar-refractivity contribution in [2.75, 3.05) is 42.3 Å². The fourth-order valence-corrected chi connectivity index (χ4v) is 4.19. The van der Waals surface area contributed by atoms with E-state index >= 15 is 0 Å². The first-order chi connectivity index (χ1) is 13.3. The van der Waals surface area contributed by atoms with Gasteiger partial charge in [0.1, 0.15) is 0 Å². The molecule has 4 rings (SSSR count). The standard InChI is InChI=1S/C22H22N2O2S/c25-22(16-27-21-11-5-7-17-6-1-2-8-18(17)21)23-19-9-3-4-10-20(19)24-12-14-26-15-13-24/h1-11H,12-16H2,(H,23,25). The molecule has 1 amide bonds. The number of benzene rings is 3. The highest BCUT2D eigenvalue weighted by atomic mass is 32.2. The van der Waals surface area contributed by atoms with Gasteiger partial charge in [-0.05, 0) is 29.0 Å². The summed E-state index contributed by atoms with van der Waals surface area (Å²) >= 11 is 1.57. The highest BCUT2D eigenvalue weighted by Crippen LogP contribution is 2.29. The highest BCUT2D eigenvalue weighted by molar-refractivity contribution is 8.00. The van der Waals surface area contributed by atoms with Crippen molar-refractivity contribution < 1.29 is 9.53 Å². The molecule has 3 aromatic rings. The van der Waals surface area contributed by atoms with Gasteiger partial charge in [0.05, 0.1) is 30.3 Å². The Balaban J connectivity index is 1.44. The van der Waals surface area contributed by atoms with Crippen LogP contribution in [0.1, 0.15) is 0 Å². The maximum Gasteiger partial charge on any atom is 0.234 e. The Kier molecular flexibility index (Phi) is 5.61. The molecule has 138 valence electrons. The number of ether oxygens (including phenoxy) is 1. The lowest BCUT2D eigenvalue weighted by molar-refractivity contribution is -0.113. The molecule has 0 bridgehead atoms. The van der Waals surface area contributed by atoms with Crippen molar-refractivity contribution in [1.29, 1.82) is 0 Å². The molecule has 0 radical (unpaired) electrons. The van der Waals surface area contributed by atoms with Crippen molar-refractivity contribution in [2.24, 2.45) is 0 Å². The topological polar surface area (TPSA) is 41.6 Å². The number of rotatable bonds is 5. The summed E-state index contributed by atoms with van der Waals surface area (Å²) in [5, 5.41) is 5.47. The van der Waals surface area contributed by atoms with E-state index in [0.717, 1.165) is 42.6 Å². The molecule has 1 N–H and O–H groups in total. The van der Waals surface area contributed by atoms with Gasteiger partial charge < -0.3 is 15.0 Å². The van der Waals surface area contributed by atoms with E-state index in [9.17, 15) is 4.79 Å². The SMILES string of the molecule is O=C(CSc1cccc2ccccc12)Nc1ccccc1N1CCOCC1. The molecule has 1 aliphatic heterocycles. The highest BCUT2D eigenvalue weighted by Gasteiger charge is 2.16. The summed E-state index contributed by atoms with van der Waals surface area (Å²) in [6, 6.07) is 22.4. The fraction of sp³-hybridized carbons (Fsp3) is 0.227. The van der Waals surface area contributed by atoms with Gasteiger partial charge in [-0.2, -0.15) is 0 Å². The lowest BCUT2D eigenvalue weighted by Crippen LogP contribution is -2.36. The molecule has 0 saturated carbocycles. The van der Waals surface area contributed by atoms with Crippen LogP contribution >= 0.6 is 11.8 Å². The molecular weight excluding hydrogens is 356 g/mol. The van der Waals surface area contributed by atoms with E-state index in [-0.39, 0.29) is 5.91 Å². The summed E-state index contributed by atoms with van der Waals surface area (Å²) in [5.41, 5.74) is 1.92. The summed E-state index contributed by atoms with van der Waals surface area (Å²) in [7, 11) is 0. The van der Waals surface area contributed by atoms with E-state index in [2.05, 4.69) is 40.5 Å². The summed E-state index contributed by atoms with van der Waals surface area (Å²) in [6.45, 7) is 3.13. The summed E-state index contributed by atoms with van der Waals surface area (Å²) in [4.78, 5) is 16.0. The Morgan fingerprint density at radius 2 is 1.70 bits per heavy atom. The maximum atomic E-state index is 12.6. The molecule has 1 heterocycles. The van der Waals surface area contributed by atoms with Crippen molar-refractivity contribution >= 4 is 39.8 Å². The third kappa shape index (κ3) is 4.26. The van der Waals surface area contributed by atoms with E-state index < -0.39 is 0 Å². The first kappa shape index (κ1) is 17.9. The maximum absolute atomic E-state index is 12.6. The van der Waals surface area contributed by atoms with Gasteiger partial charge in [-0.25, -0.2) is 0 Å². The Hall–Kier alpha value is -2.50. The van der Waals surface area contributed by atoms with Crippen LogP contribution in [0.25, 0.3) is 10.8 Å². The van der Waals surface area contributed by atoms with Crippen molar-refractivity contribution in [3.8, 4) is 0 Å². The van der Waals surface area contributed by atoms with E-state index in [0.29, 0.717) is 5.75 Å². The number of nitrogens with one attached hydrogen (secondary N) is 1. The molecule has 0 spiro atoms. The molecule has 0 unspecified atom stereocenters. The lowest BCUT2D eigenvalue weighted by atomic mass is 10.1. The van der Waals surface area contributed by atoms with Crippen LogP contribution in [0, 0.1) is 0 Å². The Bertz CT molecular complexity index is 933. The second-order valence-electron chi connectivity index (χ2n) is 6.43. The third-order valence-corrected chi connectivity index (χ3v) is 5.71. The minimum Gasteiger partial charge on any atom is -0.378 e. The lowest BCUT2D eigenvalue weighted by Gasteiger charge is -2.30. The van der Waals surface area contributed by atoms with Crippen molar-refractivity contribution in [3.05, 3.63) is 66.7 Å². The van der Waals surface area contributed by atoms with Crippen molar-refractivity contribution in [3.63, 3.8) is 0 Å². The summed E-state index contributed by atoms with van der Waals surface area (Å²) < 4.78 is 5.43. The van der Waals surface area contributed by atoms with Gasteiger partial charge in [-0.1, -0.05) is 48.5 Å². The van der Waals surface area contributed by atoms with E-state index in [1.54, 1.807) is 11.8 Å². The van der Waals surface area contributed by atoms with Crippen LogP contribution in [0.3, 0.4) is 0 Å². The van der Waals surface area contributed by atoms with Crippen LogP contribution in [0.4, 0.5) is 11.4 Å². The van der Waals surface area contributed by atoms with Crippen molar-refractivity contribution in [2.45, 2.75) is 4.90 Å². The second-order valence-corrected chi connectivity index (χ2v) is 7.45. The summed E-state index contributed by atoms with van der Waals surface area (Å²) in [6.07, 6.45) is 0. The summed E-state index contributed by atoms with van der Waals surface area (Å²) in [5.74, 6) is 0.388. The number of anilines is 2. The number of morpholine rings is 1. The number of hydrogen-bond acceptors (Lipinski definition) is 4. The molecule has 27 heavy (non-hydrogen) atoms. The number of nitrogens with zero attached hydrogens (tertiary/aromatic N) is 1. The zero-order valence-corrected chi connectivity index (χ0v) is 15.9. The average Bonchev–Trinajstić information content (AvgIpc) is 2.73. The number of hydrogen-bond donors (Lipinski definition) is 1. The molecular formula is C22H22N2O2S. The normalized spacial score (nSPS) is 14.3. The van der Waals surface area contributed by atoms with Gasteiger partial charge in [0, 0.05) is 18.0 Å². The Labute approximate surface area is 163 Å². The fourth-order valence-electron chi connectivity index (χ4n) is 3.31. The first-order valence-corrected chi connectivity index (χ1v) is 10.1. The van der Waals surface area contributed by atoms with Crippen LogP contribution in [-0.2, 0) is 9.53 Å². The Morgan fingerprint density at radius 3 is 2.59 bits per heavy atom. The predicted octanol–water partition coefficient (Wildman–Crippen LogP) is 4.41. The van der Waals surface area contributed by atoms with E-state index in [1.165, 1.54) is 10.8 Å². The quantitative estimate of drug-likeness (QED) is 0.668. The molecule has 1 fully saturated rings. The Morgan fingerprint density at radius 1 is 0.963 bits per heavy atom. The molecule has 0 atom stereocenters. The number of amides is 1. The number of carbonyl (C=O) groups is 1. The van der Waals surface area contributed by atoms with Crippen LogP contribution in [0.5, 0.6) is 0 Å². The number of carbonyl (C=O) groups excluding carboxylic acids is 1. The van der Waals surface area contributed by atoms with Gasteiger partial charge in [-0.3, -0.25) is 4.79 Å². The number of para-hydroxylation sites is 2. The molecule has 4 nitrogen and oxygen atoms in total. The van der Waals surface area contributed by atoms with Crippen LogP contribution in [0.15, 0.2) is 71.6 Å². The van der Waals surface area contributed by atoms with Crippen molar-refractivity contribution in [1.82, 2.24) is 0 Å². The minimum atomic E-state index is 0.00800. The molecule has 3 aromatic carbocycles. The predicted molar refractivity (Wildman–Crippen MR) is 113 cm³/mol. The smallest absolute Gasteiger partial charge is 0.234 e. The molecule has 1 saturated heterocycles.